The Morgan fingerprint density at radius 3 is 2.77 bits per heavy atom. The number of thiophene rings is 2. The molecule has 1 aliphatic heterocycles. The van der Waals surface area contributed by atoms with Crippen molar-refractivity contribution >= 4 is 34.7 Å². The van der Waals surface area contributed by atoms with Gasteiger partial charge in [0.2, 0.25) is 0 Å². The Morgan fingerprint density at radius 1 is 1.14 bits per heavy atom. The Labute approximate surface area is 212 Å². The number of benzene rings is 1. The van der Waals surface area contributed by atoms with Crippen molar-refractivity contribution in [2.45, 2.75) is 25.4 Å². The second-order valence-electron chi connectivity index (χ2n) is 8.12. The van der Waals surface area contributed by atoms with Crippen LogP contribution in [-0.4, -0.2) is 64.6 Å². The van der Waals surface area contributed by atoms with E-state index in [0.717, 1.165) is 21.6 Å². The number of carbonyl (C=O) groups excluding carboxylic acids is 1. The van der Waals surface area contributed by atoms with Gasteiger partial charge in [0.25, 0.3) is 0 Å². The van der Waals surface area contributed by atoms with Crippen LogP contribution in [0, 0.1) is 11.8 Å². The zero-order chi connectivity index (χ0) is 24.6. The van der Waals surface area contributed by atoms with Crippen molar-refractivity contribution < 1.29 is 24.5 Å². The van der Waals surface area contributed by atoms with Gasteiger partial charge in [0, 0.05) is 40.9 Å². The van der Waals surface area contributed by atoms with Crippen LogP contribution in [0.4, 0.5) is 4.79 Å². The van der Waals surface area contributed by atoms with Crippen molar-refractivity contribution in [2.75, 3.05) is 26.2 Å². The van der Waals surface area contributed by atoms with Crippen LogP contribution >= 0.6 is 22.7 Å². The number of carbonyl (C=O) groups is 2. The molecule has 35 heavy (non-hydrogen) atoms. The van der Waals surface area contributed by atoms with E-state index in [2.05, 4.69) is 11.8 Å². The number of nitrogens with zero attached hydrogens (tertiary/aromatic N) is 2. The van der Waals surface area contributed by atoms with Crippen molar-refractivity contribution in [1.29, 1.82) is 0 Å². The number of aromatic carboxylic acids is 1. The van der Waals surface area contributed by atoms with Crippen LogP contribution in [0.15, 0.2) is 53.2 Å². The number of carboxylic acid groups (broad SMARTS) is 1. The first-order valence-electron chi connectivity index (χ1n) is 11.3. The predicted molar refractivity (Wildman–Crippen MR) is 136 cm³/mol. The minimum Gasteiger partial charge on any atom is -0.477 e. The molecule has 4 rings (SSSR count). The van der Waals surface area contributed by atoms with E-state index in [1.54, 1.807) is 28.5 Å². The molecule has 9 heteroatoms. The Morgan fingerprint density at radius 2 is 2.00 bits per heavy atom. The van der Waals surface area contributed by atoms with E-state index in [-0.39, 0.29) is 4.88 Å². The molecule has 0 saturated carbocycles. The van der Waals surface area contributed by atoms with Crippen LogP contribution in [0.25, 0.3) is 0 Å². The molecule has 1 atom stereocenters. The standard InChI is InChI=1S/C26H26N2O5S2/c29-22(17-21-3-1-2-19(16-21)4-5-20-10-15-34-18-20)8-11-27-13-14-33-26(32)28(27)12-9-23-6-7-24(35-23)25(30)31/h1-3,6-7,10,15-16,18,22,29H,8-9,11-14,17H2,(H,30,31)/t22-/m1/s1. The van der Waals surface area contributed by atoms with Gasteiger partial charge in [-0.25, -0.2) is 19.6 Å². The molecular weight excluding hydrogens is 484 g/mol. The van der Waals surface area contributed by atoms with Crippen molar-refractivity contribution in [3.8, 4) is 11.8 Å². The molecule has 0 aliphatic carbocycles. The maximum atomic E-state index is 12.4. The van der Waals surface area contributed by atoms with Gasteiger partial charge in [-0.2, -0.15) is 11.3 Å². The number of hydrogen-bond acceptors (Lipinski definition) is 7. The van der Waals surface area contributed by atoms with Gasteiger partial charge in [-0.05, 0) is 54.1 Å². The van der Waals surface area contributed by atoms with Crippen molar-refractivity contribution in [1.82, 2.24) is 10.0 Å². The summed E-state index contributed by atoms with van der Waals surface area (Å²) in [6, 6.07) is 13.2. The lowest BCUT2D eigenvalue weighted by atomic mass is 10.0. The lowest BCUT2D eigenvalue weighted by Gasteiger charge is -2.38. The van der Waals surface area contributed by atoms with Crippen LogP contribution in [-0.2, 0) is 17.6 Å². The SMILES string of the molecule is O=C(O)c1ccc(CCN2C(=O)OCCN2CC[C@@H](O)Cc2cccc(C#Cc3ccsc3)c2)s1. The molecule has 0 radical (unpaired) electrons. The highest BCUT2D eigenvalue weighted by molar-refractivity contribution is 7.13. The second kappa shape index (κ2) is 12.0. The molecule has 3 heterocycles. The molecule has 0 bridgehead atoms. The van der Waals surface area contributed by atoms with Gasteiger partial charge in [0.15, 0.2) is 0 Å². The van der Waals surface area contributed by atoms with Gasteiger partial charge >= 0.3 is 12.1 Å². The molecule has 1 amide bonds. The highest BCUT2D eigenvalue weighted by Gasteiger charge is 2.28. The summed E-state index contributed by atoms with van der Waals surface area (Å²) in [4.78, 5) is 24.6. The normalized spacial score (nSPS) is 14.8. The minimum absolute atomic E-state index is 0.280. The molecular formula is C26H26N2O5S2. The van der Waals surface area contributed by atoms with Crippen LogP contribution < -0.4 is 0 Å². The van der Waals surface area contributed by atoms with Gasteiger partial charge in [0.05, 0.1) is 12.6 Å². The molecule has 0 unspecified atom stereocenters. The van der Waals surface area contributed by atoms with Crippen LogP contribution in [0.3, 0.4) is 0 Å². The summed E-state index contributed by atoms with van der Waals surface area (Å²) in [6.45, 7) is 1.76. The van der Waals surface area contributed by atoms with Crippen molar-refractivity contribution in [3.63, 3.8) is 0 Å². The second-order valence-corrected chi connectivity index (χ2v) is 10.1. The summed E-state index contributed by atoms with van der Waals surface area (Å²) < 4.78 is 5.20. The van der Waals surface area contributed by atoms with Gasteiger partial charge < -0.3 is 14.9 Å². The summed E-state index contributed by atoms with van der Waals surface area (Å²) in [6.07, 6.45) is 0.546. The third kappa shape index (κ3) is 7.16. The summed E-state index contributed by atoms with van der Waals surface area (Å²) in [5.41, 5.74) is 2.91. The number of amides is 1. The van der Waals surface area contributed by atoms with E-state index in [0.29, 0.717) is 45.5 Å². The van der Waals surface area contributed by atoms with Crippen LogP contribution in [0.2, 0.25) is 0 Å². The first kappa shape index (κ1) is 24.9. The topological polar surface area (TPSA) is 90.3 Å². The smallest absolute Gasteiger partial charge is 0.424 e. The van der Waals surface area contributed by atoms with E-state index >= 15 is 0 Å². The quantitative estimate of drug-likeness (QED) is 0.421. The average molecular weight is 511 g/mol. The predicted octanol–water partition coefficient (Wildman–Crippen LogP) is 4.11. The number of aliphatic hydroxyl groups excluding tert-OH is 1. The van der Waals surface area contributed by atoms with Crippen molar-refractivity contribution in [3.05, 3.63) is 79.7 Å². The number of rotatable bonds is 9. The summed E-state index contributed by atoms with van der Waals surface area (Å²) in [5.74, 6) is 5.36. The molecule has 2 aromatic heterocycles. The first-order chi connectivity index (χ1) is 17.0. The fraction of sp³-hybridized carbons (Fsp3) is 0.308. The van der Waals surface area contributed by atoms with Crippen LogP contribution in [0.5, 0.6) is 0 Å². The van der Waals surface area contributed by atoms with E-state index < -0.39 is 18.2 Å². The fourth-order valence-corrected chi connectivity index (χ4v) is 5.21. The Bertz CT molecular complexity index is 1210. The third-order valence-electron chi connectivity index (χ3n) is 5.56. The average Bonchev–Trinajstić information content (AvgIpc) is 3.53. The monoisotopic (exact) mass is 510 g/mol. The van der Waals surface area contributed by atoms with Gasteiger partial charge in [-0.3, -0.25) is 0 Å². The Balaban J connectivity index is 1.30. The largest absolute Gasteiger partial charge is 0.477 e. The van der Waals surface area contributed by atoms with Gasteiger partial charge in [0.1, 0.15) is 11.5 Å². The van der Waals surface area contributed by atoms with Crippen LogP contribution in [0.1, 0.15) is 37.7 Å². The molecule has 1 aromatic carbocycles. The Kier molecular flexibility index (Phi) is 8.55. The highest BCUT2D eigenvalue weighted by Crippen LogP contribution is 2.19. The molecule has 1 aliphatic rings. The summed E-state index contributed by atoms with van der Waals surface area (Å²) in [7, 11) is 0. The summed E-state index contributed by atoms with van der Waals surface area (Å²) in [5, 5.41) is 27.2. The molecule has 3 aromatic rings. The zero-order valence-electron chi connectivity index (χ0n) is 19.1. The van der Waals surface area contributed by atoms with E-state index in [1.165, 1.54) is 11.3 Å². The van der Waals surface area contributed by atoms with Gasteiger partial charge in [-0.15, -0.1) is 11.3 Å². The number of hydrazine groups is 1. The zero-order valence-corrected chi connectivity index (χ0v) is 20.7. The fourth-order valence-electron chi connectivity index (χ4n) is 3.79. The number of aliphatic hydroxyl groups is 1. The molecule has 0 spiro atoms. The third-order valence-corrected chi connectivity index (χ3v) is 7.38. The number of hydrogen-bond donors (Lipinski definition) is 2. The maximum Gasteiger partial charge on any atom is 0.424 e. The van der Waals surface area contributed by atoms with E-state index in [4.69, 9.17) is 9.84 Å². The lowest BCUT2D eigenvalue weighted by Crippen LogP contribution is -2.53. The Hall–Kier alpha value is -3.16. The molecule has 2 N–H and O–H groups in total. The molecule has 182 valence electrons. The van der Waals surface area contributed by atoms with E-state index in [9.17, 15) is 14.7 Å². The van der Waals surface area contributed by atoms with E-state index in [1.807, 2.05) is 46.1 Å². The number of cyclic esters (lactones) is 1. The summed E-state index contributed by atoms with van der Waals surface area (Å²) >= 11 is 2.82. The lowest BCUT2D eigenvalue weighted by molar-refractivity contribution is -0.0722. The first-order valence-corrected chi connectivity index (χ1v) is 13.1. The number of ether oxygens (including phenoxy) is 1. The highest BCUT2D eigenvalue weighted by atomic mass is 32.1. The molecule has 1 fully saturated rings. The molecule has 1 saturated heterocycles. The maximum absolute atomic E-state index is 12.4. The molecule has 7 nitrogen and oxygen atoms in total. The number of carboxylic acids is 1. The van der Waals surface area contributed by atoms with Gasteiger partial charge in [-0.1, -0.05) is 24.0 Å². The van der Waals surface area contributed by atoms with Crippen molar-refractivity contribution in [2.24, 2.45) is 0 Å². The minimum atomic E-state index is -0.950.